The van der Waals surface area contributed by atoms with Gasteiger partial charge in [0.25, 0.3) is 0 Å². The number of nitrogens with zero attached hydrogens (tertiary/aromatic N) is 4. The topological polar surface area (TPSA) is 78.0 Å². The Balaban J connectivity index is 0.00000320. The summed E-state index contributed by atoms with van der Waals surface area (Å²) in [4.78, 5) is 4.47. The second-order valence-electron chi connectivity index (χ2n) is 6.44. The molecule has 1 aromatic heterocycles. The zero-order valence-corrected chi connectivity index (χ0v) is 19.0. The Hall–Kier alpha value is -2.93. The third kappa shape index (κ3) is 6.56. The van der Waals surface area contributed by atoms with Crippen molar-refractivity contribution in [2.45, 2.75) is 26.6 Å². The molecule has 0 fully saturated rings. The lowest BCUT2D eigenvalue weighted by atomic mass is 10.1. The van der Waals surface area contributed by atoms with Gasteiger partial charge in [-0.05, 0) is 42.3 Å². The van der Waals surface area contributed by atoms with Crippen LogP contribution in [0.1, 0.15) is 29.2 Å². The smallest absolute Gasteiger partial charge is 0.191 e. The summed E-state index contributed by atoms with van der Waals surface area (Å²) in [6, 6.07) is 16.4. The van der Waals surface area contributed by atoms with Crippen molar-refractivity contribution < 1.29 is 4.39 Å². The van der Waals surface area contributed by atoms with Crippen molar-refractivity contribution in [1.82, 2.24) is 20.4 Å². The molecule has 1 heterocycles. The summed E-state index contributed by atoms with van der Waals surface area (Å²) in [6.07, 6.45) is 3.69. The molecule has 2 aromatic carbocycles. The number of rotatable bonds is 7. The minimum atomic E-state index is -0.367. The molecule has 0 aliphatic heterocycles. The highest BCUT2D eigenvalue weighted by Gasteiger charge is 2.07. The molecule has 0 aliphatic carbocycles. The predicted octanol–water partition coefficient (Wildman–Crippen LogP) is 3.82. The number of hydrogen-bond acceptors (Lipinski definition) is 3. The molecule has 0 amide bonds. The Morgan fingerprint density at radius 3 is 2.63 bits per heavy atom. The molecule has 0 saturated heterocycles. The average Bonchev–Trinajstić information content (AvgIpc) is 3.25. The molecule has 3 aromatic rings. The average molecular weight is 518 g/mol. The van der Waals surface area contributed by atoms with Crippen LogP contribution in [0.15, 0.2) is 65.9 Å². The van der Waals surface area contributed by atoms with E-state index in [4.69, 9.17) is 5.26 Å². The summed E-state index contributed by atoms with van der Waals surface area (Å²) in [5, 5.41) is 19.7. The van der Waals surface area contributed by atoms with Crippen LogP contribution in [0.4, 0.5) is 4.39 Å². The molecule has 0 bridgehead atoms. The summed E-state index contributed by atoms with van der Waals surface area (Å²) in [6.45, 7) is 4.06. The molecule has 0 saturated carbocycles. The molecule has 156 valence electrons. The van der Waals surface area contributed by atoms with Crippen LogP contribution in [0.3, 0.4) is 0 Å². The zero-order valence-electron chi connectivity index (χ0n) is 16.7. The number of benzene rings is 2. The van der Waals surface area contributed by atoms with Gasteiger partial charge < -0.3 is 10.6 Å². The fourth-order valence-corrected chi connectivity index (χ4v) is 2.90. The number of nitrogens with one attached hydrogen (secondary N) is 2. The molecule has 6 nitrogen and oxygen atoms in total. The van der Waals surface area contributed by atoms with Gasteiger partial charge in [-0.25, -0.2) is 9.38 Å². The Labute approximate surface area is 192 Å². The fourth-order valence-electron chi connectivity index (χ4n) is 2.90. The van der Waals surface area contributed by atoms with Gasteiger partial charge in [-0.15, -0.1) is 24.0 Å². The maximum atomic E-state index is 14.0. The van der Waals surface area contributed by atoms with E-state index in [1.165, 1.54) is 18.2 Å². The maximum Gasteiger partial charge on any atom is 0.191 e. The molecular formula is C22H24FIN6. The maximum absolute atomic E-state index is 14.0. The number of guanidine groups is 1. The summed E-state index contributed by atoms with van der Waals surface area (Å²) < 4.78 is 15.9. The molecule has 8 heteroatoms. The lowest BCUT2D eigenvalue weighted by Gasteiger charge is -2.14. The van der Waals surface area contributed by atoms with Crippen LogP contribution in [0, 0.1) is 17.1 Å². The van der Waals surface area contributed by atoms with Gasteiger partial charge in [0.1, 0.15) is 5.82 Å². The molecular weight excluding hydrogens is 494 g/mol. The molecule has 0 spiro atoms. The predicted molar refractivity (Wildman–Crippen MR) is 126 cm³/mol. The lowest BCUT2D eigenvalue weighted by molar-refractivity contribution is 0.610. The summed E-state index contributed by atoms with van der Waals surface area (Å²) in [7, 11) is 0. The minimum absolute atomic E-state index is 0. The lowest BCUT2D eigenvalue weighted by Crippen LogP contribution is -2.37. The first-order valence-corrected chi connectivity index (χ1v) is 9.44. The third-order valence-corrected chi connectivity index (χ3v) is 4.38. The highest BCUT2D eigenvalue weighted by atomic mass is 127. The first-order valence-electron chi connectivity index (χ1n) is 9.44. The Morgan fingerprint density at radius 1 is 1.13 bits per heavy atom. The van der Waals surface area contributed by atoms with Gasteiger partial charge in [-0.2, -0.15) is 10.4 Å². The Kier molecular flexibility index (Phi) is 9.28. The molecule has 0 atom stereocenters. The summed E-state index contributed by atoms with van der Waals surface area (Å²) in [5.41, 5.74) is 3.10. The van der Waals surface area contributed by atoms with Crippen molar-refractivity contribution in [2.24, 2.45) is 4.99 Å². The summed E-state index contributed by atoms with van der Waals surface area (Å²) in [5.74, 6) is 0.219. The molecule has 3 rings (SSSR count). The third-order valence-electron chi connectivity index (χ3n) is 4.38. The molecule has 0 radical (unpaired) electrons. The van der Waals surface area contributed by atoms with E-state index in [0.717, 1.165) is 11.1 Å². The normalized spacial score (nSPS) is 10.8. The van der Waals surface area contributed by atoms with E-state index in [1.807, 2.05) is 42.1 Å². The summed E-state index contributed by atoms with van der Waals surface area (Å²) >= 11 is 0. The molecule has 0 unspecified atom stereocenters. The van der Waals surface area contributed by atoms with Gasteiger partial charge in [0, 0.05) is 31.0 Å². The molecule has 2 N–H and O–H groups in total. The Bertz CT molecular complexity index is 1010. The van der Waals surface area contributed by atoms with Crippen LogP contribution in [0.5, 0.6) is 0 Å². The van der Waals surface area contributed by atoms with Crippen LogP contribution in [-0.2, 0) is 19.6 Å². The van der Waals surface area contributed by atoms with Crippen molar-refractivity contribution in [3.63, 3.8) is 0 Å². The first kappa shape index (κ1) is 23.3. The van der Waals surface area contributed by atoms with Crippen LogP contribution in [-0.4, -0.2) is 22.3 Å². The van der Waals surface area contributed by atoms with Crippen molar-refractivity contribution >= 4 is 29.9 Å². The molecule has 0 aliphatic rings. The van der Waals surface area contributed by atoms with Gasteiger partial charge in [0.15, 0.2) is 5.96 Å². The number of halogens is 2. The van der Waals surface area contributed by atoms with Gasteiger partial charge in [-0.1, -0.05) is 24.3 Å². The number of aromatic nitrogens is 2. The van der Waals surface area contributed by atoms with Crippen LogP contribution >= 0.6 is 24.0 Å². The van der Waals surface area contributed by atoms with E-state index < -0.39 is 0 Å². The van der Waals surface area contributed by atoms with E-state index in [2.05, 4.69) is 32.9 Å². The standard InChI is InChI=1S/C22H23FN6.HI/c1-2-25-22(27-15-20-12-17(13-24)8-9-21(20)23)26-14-18-6-3-4-7-19(18)16-29-11-5-10-28-29;/h3-12H,2,14-16H2,1H3,(H2,25,26,27);1H. The SMILES string of the molecule is CCNC(=NCc1cc(C#N)ccc1F)NCc1ccccc1Cn1cccn1.I. The number of hydrogen-bond donors (Lipinski definition) is 2. The van der Waals surface area contributed by atoms with E-state index in [-0.39, 0.29) is 36.3 Å². The first-order chi connectivity index (χ1) is 14.2. The quantitative estimate of drug-likeness (QED) is 0.283. The van der Waals surface area contributed by atoms with Crippen molar-refractivity contribution in [2.75, 3.05) is 6.54 Å². The van der Waals surface area contributed by atoms with E-state index in [9.17, 15) is 4.39 Å². The van der Waals surface area contributed by atoms with Gasteiger partial charge in [-0.3, -0.25) is 4.68 Å². The van der Waals surface area contributed by atoms with Gasteiger partial charge >= 0.3 is 0 Å². The van der Waals surface area contributed by atoms with Crippen molar-refractivity contribution in [3.8, 4) is 6.07 Å². The van der Waals surface area contributed by atoms with Crippen LogP contribution in [0.25, 0.3) is 0 Å². The minimum Gasteiger partial charge on any atom is -0.357 e. The van der Waals surface area contributed by atoms with Crippen molar-refractivity contribution in [1.29, 1.82) is 5.26 Å². The number of aliphatic imine (C=N–C) groups is 1. The second-order valence-corrected chi connectivity index (χ2v) is 6.44. The van der Waals surface area contributed by atoms with Crippen LogP contribution < -0.4 is 10.6 Å². The van der Waals surface area contributed by atoms with Gasteiger partial charge in [0.2, 0.25) is 0 Å². The Morgan fingerprint density at radius 2 is 1.93 bits per heavy atom. The molecule has 30 heavy (non-hydrogen) atoms. The van der Waals surface area contributed by atoms with E-state index >= 15 is 0 Å². The van der Waals surface area contributed by atoms with Crippen molar-refractivity contribution in [3.05, 3.63) is 89.0 Å². The second kappa shape index (κ2) is 11.9. The highest BCUT2D eigenvalue weighted by molar-refractivity contribution is 14.0. The highest BCUT2D eigenvalue weighted by Crippen LogP contribution is 2.12. The zero-order chi connectivity index (χ0) is 20.5. The van der Waals surface area contributed by atoms with E-state index in [0.29, 0.717) is 36.7 Å². The van der Waals surface area contributed by atoms with Crippen LogP contribution in [0.2, 0.25) is 0 Å². The monoisotopic (exact) mass is 518 g/mol. The fraction of sp³-hybridized carbons (Fsp3) is 0.227. The van der Waals surface area contributed by atoms with E-state index in [1.54, 1.807) is 6.20 Å². The number of nitriles is 1. The largest absolute Gasteiger partial charge is 0.357 e. The van der Waals surface area contributed by atoms with Gasteiger partial charge in [0.05, 0.1) is 24.7 Å².